The molecule has 150 valence electrons. The van der Waals surface area contributed by atoms with Gasteiger partial charge in [-0.25, -0.2) is 5.01 Å². The number of nitrogens with zero attached hydrogens (tertiary/aromatic N) is 3. The number of hydrazone groups is 1. The largest absolute Gasteiger partial charge is 0.497 e. The molecule has 2 aliphatic rings. The van der Waals surface area contributed by atoms with Crippen LogP contribution in [0, 0.1) is 0 Å². The lowest BCUT2D eigenvalue weighted by molar-refractivity contribution is -0.116. The number of carbonyl (C=O) groups is 1. The molecule has 0 saturated heterocycles. The van der Waals surface area contributed by atoms with Gasteiger partial charge in [0.05, 0.1) is 19.6 Å². The molecule has 0 aromatic heterocycles. The summed E-state index contributed by atoms with van der Waals surface area (Å²) in [5.41, 5.74) is 1.29. The highest BCUT2D eigenvalue weighted by molar-refractivity contribution is 8.13. The van der Waals surface area contributed by atoms with Crippen molar-refractivity contribution in [2.24, 2.45) is 10.1 Å². The molecule has 29 heavy (non-hydrogen) atoms. The van der Waals surface area contributed by atoms with Crippen LogP contribution in [0.4, 0.5) is 0 Å². The molecule has 2 aromatic rings. The van der Waals surface area contributed by atoms with E-state index in [1.54, 1.807) is 19.2 Å². The molecule has 1 N–H and O–H groups in total. The molecule has 0 spiro atoms. The van der Waals surface area contributed by atoms with Gasteiger partial charge in [0.15, 0.2) is 11.3 Å². The summed E-state index contributed by atoms with van der Waals surface area (Å²) in [6.45, 7) is 2.09. The van der Waals surface area contributed by atoms with Crippen LogP contribution < -0.4 is 25.4 Å². The predicted molar refractivity (Wildman–Crippen MR) is 113 cm³/mol. The second-order valence-electron chi connectivity index (χ2n) is 6.53. The highest BCUT2D eigenvalue weighted by Crippen LogP contribution is 2.37. The van der Waals surface area contributed by atoms with Gasteiger partial charge in [-0.3, -0.25) is 15.1 Å². The standard InChI is InChI=1S/C21H22N4O3S/c1-4-11-29-21-23-20(26)18-14-7-5-6-8-16(14)22-19(25(18)24-21)15-10-9-13(27-2)12-17(15)28-3/h5-10,12,19H,4,11H2,1-3H3,(H,23,24,26)/t19-/m1/s1. The lowest BCUT2D eigenvalue weighted by Crippen LogP contribution is -2.50. The molecule has 8 heteroatoms. The Kier molecular flexibility index (Phi) is 5.44. The summed E-state index contributed by atoms with van der Waals surface area (Å²) in [4.78, 5) is 17.9. The third kappa shape index (κ3) is 3.55. The third-order valence-corrected chi connectivity index (χ3v) is 5.75. The van der Waals surface area contributed by atoms with Gasteiger partial charge < -0.3 is 9.47 Å². The van der Waals surface area contributed by atoms with Crippen LogP contribution in [-0.2, 0) is 4.79 Å². The number of carbonyl (C=O) groups excluding carboxylic acids is 1. The Hall–Kier alpha value is -3.00. The third-order valence-electron chi connectivity index (χ3n) is 4.68. The van der Waals surface area contributed by atoms with E-state index >= 15 is 0 Å². The minimum Gasteiger partial charge on any atom is -0.497 e. The van der Waals surface area contributed by atoms with Crippen molar-refractivity contribution in [2.75, 3.05) is 20.0 Å². The molecule has 0 saturated carbocycles. The molecule has 7 nitrogen and oxygen atoms in total. The quantitative estimate of drug-likeness (QED) is 0.816. The van der Waals surface area contributed by atoms with Gasteiger partial charge in [-0.05, 0) is 24.6 Å². The molecule has 0 radical (unpaired) electrons. The number of amides is 1. The number of amidine groups is 1. The topological polar surface area (TPSA) is 75.5 Å². The van der Waals surface area contributed by atoms with E-state index in [2.05, 4.69) is 12.2 Å². The normalized spacial score (nSPS) is 17.6. The zero-order valence-electron chi connectivity index (χ0n) is 16.5. The Morgan fingerprint density at radius 1 is 1.17 bits per heavy atom. The van der Waals surface area contributed by atoms with Gasteiger partial charge >= 0.3 is 0 Å². The first-order chi connectivity index (χ1) is 14.2. The maximum atomic E-state index is 13.0. The van der Waals surface area contributed by atoms with Crippen LogP contribution in [0.5, 0.6) is 11.5 Å². The van der Waals surface area contributed by atoms with Crippen LogP contribution in [0.3, 0.4) is 0 Å². The van der Waals surface area contributed by atoms with Gasteiger partial charge in [-0.2, -0.15) is 0 Å². The smallest absolute Gasteiger partial charge is 0.276 e. The molecule has 2 heterocycles. The van der Waals surface area contributed by atoms with Crippen molar-refractivity contribution in [1.82, 2.24) is 10.3 Å². The van der Waals surface area contributed by atoms with E-state index in [-0.39, 0.29) is 5.91 Å². The van der Waals surface area contributed by atoms with Gasteiger partial charge in [0.2, 0.25) is 0 Å². The van der Waals surface area contributed by atoms with E-state index in [4.69, 9.17) is 19.6 Å². The van der Waals surface area contributed by atoms with E-state index in [1.165, 1.54) is 11.8 Å². The minimum absolute atomic E-state index is 0.182. The molecule has 1 atom stereocenters. The van der Waals surface area contributed by atoms with Crippen LogP contribution in [0.1, 0.15) is 25.1 Å². The van der Waals surface area contributed by atoms with Crippen molar-refractivity contribution < 1.29 is 14.3 Å². The van der Waals surface area contributed by atoms with Crippen LogP contribution >= 0.6 is 11.8 Å². The summed E-state index contributed by atoms with van der Waals surface area (Å²) in [5, 5.41) is 11.4. The molecule has 0 unspecified atom stereocenters. The average molecular weight is 410 g/mol. The van der Waals surface area contributed by atoms with E-state index in [0.29, 0.717) is 22.4 Å². The lowest BCUT2D eigenvalue weighted by atomic mass is 10.1. The molecule has 0 aliphatic carbocycles. The SMILES string of the molecule is CCCSC1=NN2C(=c3ccccc3=N[C@H]2c2ccc(OC)cc2OC)C(=O)N1. The van der Waals surface area contributed by atoms with Crippen LogP contribution in [-0.4, -0.2) is 36.1 Å². The zero-order valence-corrected chi connectivity index (χ0v) is 17.3. The fourth-order valence-electron chi connectivity index (χ4n) is 3.33. The maximum absolute atomic E-state index is 13.0. The number of hydrogen-bond acceptors (Lipinski definition) is 7. The van der Waals surface area contributed by atoms with Crippen molar-refractivity contribution >= 4 is 28.5 Å². The Morgan fingerprint density at radius 3 is 2.76 bits per heavy atom. The molecule has 0 fully saturated rings. The number of methoxy groups -OCH3 is 2. The maximum Gasteiger partial charge on any atom is 0.276 e. The highest BCUT2D eigenvalue weighted by atomic mass is 32.2. The van der Waals surface area contributed by atoms with Crippen LogP contribution in [0.15, 0.2) is 52.6 Å². The lowest BCUT2D eigenvalue weighted by Gasteiger charge is -2.34. The summed E-state index contributed by atoms with van der Waals surface area (Å²) in [6.07, 6.45) is 0.461. The molecular weight excluding hydrogens is 388 g/mol. The fraction of sp³-hybridized carbons (Fsp3) is 0.286. The van der Waals surface area contributed by atoms with E-state index in [0.717, 1.165) is 28.3 Å². The number of ether oxygens (including phenoxy) is 2. The van der Waals surface area contributed by atoms with Crippen molar-refractivity contribution in [3.63, 3.8) is 0 Å². The van der Waals surface area contributed by atoms with Gasteiger partial charge in [0.25, 0.3) is 5.91 Å². The number of thioether (sulfide) groups is 1. The van der Waals surface area contributed by atoms with E-state index in [9.17, 15) is 4.79 Å². The number of nitrogens with one attached hydrogen (secondary N) is 1. The predicted octanol–water partition coefficient (Wildman–Crippen LogP) is 1.99. The first kappa shape index (κ1) is 19.3. The van der Waals surface area contributed by atoms with Crippen molar-refractivity contribution in [3.05, 3.63) is 58.6 Å². The highest BCUT2D eigenvalue weighted by Gasteiger charge is 2.35. The van der Waals surface area contributed by atoms with Gasteiger partial charge in [0.1, 0.15) is 17.2 Å². The molecule has 1 amide bonds. The summed E-state index contributed by atoms with van der Waals surface area (Å²) in [5.74, 6) is 2.00. The number of hydrogen-bond donors (Lipinski definition) is 1. The zero-order chi connectivity index (χ0) is 20.4. The average Bonchev–Trinajstić information content (AvgIpc) is 2.76. The van der Waals surface area contributed by atoms with Crippen LogP contribution in [0.2, 0.25) is 0 Å². The molecule has 0 bridgehead atoms. The first-order valence-corrected chi connectivity index (χ1v) is 10.4. The molecule has 2 aromatic carbocycles. The van der Waals surface area contributed by atoms with Gasteiger partial charge in [-0.15, -0.1) is 5.10 Å². The number of benzene rings is 2. The van der Waals surface area contributed by atoms with Crippen molar-refractivity contribution in [3.8, 4) is 11.5 Å². The molecule has 2 aliphatic heterocycles. The van der Waals surface area contributed by atoms with Gasteiger partial charge in [0, 0.05) is 22.6 Å². The Balaban J connectivity index is 1.91. The monoisotopic (exact) mass is 410 g/mol. The fourth-order valence-corrected chi connectivity index (χ4v) is 4.03. The Labute approximate surface area is 173 Å². The first-order valence-electron chi connectivity index (χ1n) is 9.37. The summed E-state index contributed by atoms with van der Waals surface area (Å²) < 4.78 is 10.9. The van der Waals surface area contributed by atoms with Gasteiger partial charge in [-0.1, -0.05) is 36.9 Å². The minimum atomic E-state index is -0.524. The van der Waals surface area contributed by atoms with E-state index < -0.39 is 6.17 Å². The van der Waals surface area contributed by atoms with Crippen molar-refractivity contribution in [2.45, 2.75) is 19.5 Å². The number of para-hydroxylation sites is 1. The second-order valence-corrected chi connectivity index (χ2v) is 7.61. The molecule has 4 rings (SSSR count). The van der Waals surface area contributed by atoms with E-state index in [1.807, 2.05) is 42.5 Å². The Bertz CT molecular complexity index is 1100. The number of rotatable bonds is 5. The second kappa shape index (κ2) is 8.16. The molecular formula is C21H22N4O3S. The van der Waals surface area contributed by atoms with Crippen molar-refractivity contribution in [1.29, 1.82) is 0 Å². The van der Waals surface area contributed by atoms with Crippen LogP contribution in [0.25, 0.3) is 5.70 Å². The summed E-state index contributed by atoms with van der Waals surface area (Å²) in [6, 6.07) is 13.2. The number of fused-ring (bicyclic) bond motifs is 2. The Morgan fingerprint density at radius 2 is 2.00 bits per heavy atom. The summed E-state index contributed by atoms with van der Waals surface area (Å²) in [7, 11) is 3.21. The summed E-state index contributed by atoms with van der Waals surface area (Å²) >= 11 is 1.52.